The van der Waals surface area contributed by atoms with Gasteiger partial charge >= 0.3 is 6.09 Å². The maximum Gasteiger partial charge on any atom is 0.407 e. The molecule has 0 aliphatic carbocycles. The van der Waals surface area contributed by atoms with Crippen LogP contribution in [0, 0.1) is 5.92 Å². The number of hydrogen-bond acceptors (Lipinski definition) is 7. The third-order valence-corrected chi connectivity index (χ3v) is 4.26. The van der Waals surface area contributed by atoms with Crippen molar-refractivity contribution in [3.8, 4) is 0 Å². The minimum Gasteiger partial charge on any atom is -0.444 e. The Balaban J connectivity index is 2.16. The maximum atomic E-state index is 11.8. The van der Waals surface area contributed by atoms with Gasteiger partial charge in [0.25, 0.3) is 0 Å². The van der Waals surface area contributed by atoms with Crippen molar-refractivity contribution >= 4 is 40.2 Å². The number of carbonyl (C=O) groups excluding carboxylic acids is 2. The Bertz CT molecular complexity index is 541. The van der Waals surface area contributed by atoms with Crippen molar-refractivity contribution in [2.45, 2.75) is 46.6 Å². The van der Waals surface area contributed by atoms with Crippen molar-refractivity contribution in [2.24, 2.45) is 5.92 Å². The first kappa shape index (κ1) is 20.7. The topological polar surface area (TPSA) is 93.2 Å². The summed E-state index contributed by atoms with van der Waals surface area (Å²) in [6.45, 7) is 10.1. The van der Waals surface area contributed by atoms with Gasteiger partial charge in [-0.1, -0.05) is 25.2 Å². The van der Waals surface area contributed by atoms with E-state index in [2.05, 4.69) is 34.7 Å². The molecule has 2 amide bonds. The van der Waals surface area contributed by atoms with E-state index >= 15 is 0 Å². The second-order valence-electron chi connectivity index (χ2n) is 6.63. The number of nitrogens with zero attached hydrogens (tertiary/aromatic N) is 2. The van der Waals surface area contributed by atoms with Crippen molar-refractivity contribution in [2.75, 3.05) is 23.4 Å². The molecule has 1 aromatic heterocycles. The Labute approximate surface area is 151 Å². The van der Waals surface area contributed by atoms with Gasteiger partial charge in [-0.3, -0.25) is 10.1 Å². The van der Waals surface area contributed by atoms with Gasteiger partial charge < -0.3 is 10.1 Å². The zero-order valence-electron chi connectivity index (χ0n) is 14.8. The average Bonchev–Trinajstić information content (AvgIpc) is 2.82. The van der Waals surface area contributed by atoms with Gasteiger partial charge in [-0.05, 0) is 26.7 Å². The molecule has 0 radical (unpaired) electrons. The fraction of sp³-hybridized carbons (Fsp3) is 0.733. The first-order valence-electron chi connectivity index (χ1n) is 7.82. The fourth-order valence-corrected chi connectivity index (χ4v) is 3.21. The van der Waals surface area contributed by atoms with E-state index < -0.39 is 11.7 Å². The highest BCUT2D eigenvalue weighted by molar-refractivity contribution is 7.99. The van der Waals surface area contributed by atoms with Crippen LogP contribution in [-0.4, -0.2) is 45.8 Å². The largest absolute Gasteiger partial charge is 0.444 e. The molecule has 7 nitrogen and oxygen atoms in total. The summed E-state index contributed by atoms with van der Waals surface area (Å²) in [5.74, 6) is 1.32. The number of aromatic nitrogens is 2. The monoisotopic (exact) mass is 374 g/mol. The van der Waals surface area contributed by atoms with Gasteiger partial charge in [0.2, 0.25) is 11.0 Å². The summed E-state index contributed by atoms with van der Waals surface area (Å²) in [7, 11) is 0. The van der Waals surface area contributed by atoms with Gasteiger partial charge in [0.15, 0.2) is 0 Å². The van der Waals surface area contributed by atoms with Crippen LogP contribution in [0.1, 0.15) is 39.6 Å². The number of carbonyl (C=O) groups is 2. The Morgan fingerprint density at radius 2 is 2.00 bits per heavy atom. The molecule has 24 heavy (non-hydrogen) atoms. The van der Waals surface area contributed by atoms with Gasteiger partial charge in [0, 0.05) is 18.7 Å². The van der Waals surface area contributed by atoms with Crippen molar-refractivity contribution in [1.82, 2.24) is 15.5 Å². The van der Waals surface area contributed by atoms with Crippen LogP contribution in [0.2, 0.25) is 0 Å². The molecule has 2 N–H and O–H groups in total. The molecule has 0 saturated heterocycles. The summed E-state index contributed by atoms with van der Waals surface area (Å²) in [4.78, 5) is 23.3. The second kappa shape index (κ2) is 9.83. The summed E-state index contributed by atoms with van der Waals surface area (Å²) in [6, 6.07) is 0. The number of amides is 2. The summed E-state index contributed by atoms with van der Waals surface area (Å²) in [6.07, 6.45) is 0.414. The van der Waals surface area contributed by atoms with Crippen LogP contribution in [0.4, 0.5) is 9.93 Å². The zero-order chi connectivity index (χ0) is 18.2. The standard InChI is InChI=1S/C15H26N4O3S2/c1-10(2)8-12-18-19-13(24-12)17-11(20)9-23-7-6-16-14(21)22-15(3,4)5/h10H,6-9H2,1-5H3,(H,16,21)(H,17,19,20). The second-order valence-corrected chi connectivity index (χ2v) is 8.80. The smallest absolute Gasteiger partial charge is 0.407 e. The third kappa shape index (κ3) is 9.71. The molecule has 0 aromatic carbocycles. The van der Waals surface area contributed by atoms with Crippen LogP contribution in [0.25, 0.3) is 0 Å². The van der Waals surface area contributed by atoms with Crippen LogP contribution >= 0.6 is 23.1 Å². The Morgan fingerprint density at radius 1 is 1.29 bits per heavy atom. The van der Waals surface area contributed by atoms with Crippen LogP contribution < -0.4 is 10.6 Å². The van der Waals surface area contributed by atoms with Crippen molar-refractivity contribution in [1.29, 1.82) is 0 Å². The van der Waals surface area contributed by atoms with Gasteiger partial charge in [0.05, 0.1) is 5.75 Å². The van der Waals surface area contributed by atoms with E-state index in [0.717, 1.165) is 11.4 Å². The van der Waals surface area contributed by atoms with Crippen LogP contribution in [0.5, 0.6) is 0 Å². The highest BCUT2D eigenvalue weighted by Gasteiger charge is 2.15. The summed E-state index contributed by atoms with van der Waals surface area (Å²) in [5, 5.41) is 14.9. The van der Waals surface area contributed by atoms with Crippen LogP contribution in [0.15, 0.2) is 0 Å². The molecular weight excluding hydrogens is 348 g/mol. The molecule has 9 heteroatoms. The minimum absolute atomic E-state index is 0.121. The lowest BCUT2D eigenvalue weighted by molar-refractivity contribution is -0.113. The molecule has 1 heterocycles. The van der Waals surface area contributed by atoms with E-state index in [4.69, 9.17) is 4.74 Å². The number of alkyl carbamates (subject to hydrolysis) is 1. The lowest BCUT2D eigenvalue weighted by atomic mass is 10.1. The minimum atomic E-state index is -0.507. The van der Waals surface area contributed by atoms with Gasteiger partial charge in [-0.15, -0.1) is 10.2 Å². The number of thioether (sulfide) groups is 1. The predicted octanol–water partition coefficient (Wildman–Crippen LogP) is 2.93. The first-order valence-corrected chi connectivity index (χ1v) is 9.79. The lowest BCUT2D eigenvalue weighted by Crippen LogP contribution is -2.33. The molecule has 1 rings (SSSR count). The molecule has 136 valence electrons. The molecular formula is C15H26N4O3S2. The number of nitrogens with one attached hydrogen (secondary N) is 2. The fourth-order valence-electron chi connectivity index (χ4n) is 1.60. The Morgan fingerprint density at radius 3 is 2.62 bits per heavy atom. The van der Waals surface area contributed by atoms with Crippen molar-refractivity contribution < 1.29 is 14.3 Å². The number of hydrogen-bond donors (Lipinski definition) is 2. The van der Waals surface area contributed by atoms with Gasteiger partial charge in [-0.25, -0.2) is 4.79 Å². The summed E-state index contributed by atoms with van der Waals surface area (Å²) >= 11 is 2.84. The molecule has 0 saturated carbocycles. The Kier molecular flexibility index (Phi) is 8.47. The number of rotatable bonds is 8. The quantitative estimate of drug-likeness (QED) is 0.680. The van der Waals surface area contributed by atoms with E-state index in [0.29, 0.717) is 29.1 Å². The highest BCUT2D eigenvalue weighted by atomic mass is 32.2. The van der Waals surface area contributed by atoms with E-state index in [1.165, 1.54) is 23.1 Å². The van der Waals surface area contributed by atoms with E-state index in [1.807, 2.05) is 20.8 Å². The lowest BCUT2D eigenvalue weighted by Gasteiger charge is -2.19. The van der Waals surface area contributed by atoms with Crippen molar-refractivity contribution in [3.63, 3.8) is 0 Å². The maximum absolute atomic E-state index is 11.8. The molecule has 0 fully saturated rings. The molecule has 0 aliphatic rings. The van der Waals surface area contributed by atoms with Crippen LogP contribution in [0.3, 0.4) is 0 Å². The summed E-state index contributed by atoms with van der Waals surface area (Å²) in [5.41, 5.74) is -0.507. The predicted molar refractivity (Wildman–Crippen MR) is 98.6 cm³/mol. The highest BCUT2D eigenvalue weighted by Crippen LogP contribution is 2.18. The molecule has 0 aliphatic heterocycles. The van der Waals surface area contributed by atoms with E-state index in [1.54, 1.807) is 0 Å². The molecule has 0 atom stereocenters. The SMILES string of the molecule is CC(C)Cc1nnc(NC(=O)CSCCNC(=O)OC(C)(C)C)s1. The summed E-state index contributed by atoms with van der Waals surface area (Å²) < 4.78 is 5.12. The normalized spacial score (nSPS) is 11.4. The number of anilines is 1. The number of ether oxygens (including phenoxy) is 1. The van der Waals surface area contributed by atoms with E-state index in [9.17, 15) is 9.59 Å². The molecule has 0 bridgehead atoms. The third-order valence-electron chi connectivity index (χ3n) is 2.44. The van der Waals surface area contributed by atoms with Gasteiger partial charge in [-0.2, -0.15) is 11.8 Å². The molecule has 1 aromatic rings. The van der Waals surface area contributed by atoms with Crippen molar-refractivity contribution in [3.05, 3.63) is 5.01 Å². The molecule has 0 spiro atoms. The molecule has 0 unspecified atom stereocenters. The Hall–Kier alpha value is -1.35. The van der Waals surface area contributed by atoms with E-state index in [-0.39, 0.29) is 5.91 Å². The van der Waals surface area contributed by atoms with Crippen LogP contribution in [-0.2, 0) is 16.0 Å². The van der Waals surface area contributed by atoms with Gasteiger partial charge in [0.1, 0.15) is 10.6 Å². The first-order chi connectivity index (χ1) is 11.2. The zero-order valence-corrected chi connectivity index (χ0v) is 16.5. The average molecular weight is 375 g/mol.